The van der Waals surface area contributed by atoms with Crippen LogP contribution >= 0.6 is 0 Å². The maximum atomic E-state index is 5.40. The average Bonchev–Trinajstić information content (AvgIpc) is 2.66. The Kier molecular flexibility index (Phi) is 2.89. The Hall–Kier alpha value is -1.85. The Labute approximate surface area is 93.2 Å². The number of aryl methyl sites for hydroxylation is 1. The summed E-state index contributed by atoms with van der Waals surface area (Å²) in [4.78, 5) is 4.24. The van der Waals surface area contributed by atoms with E-state index in [1.165, 1.54) is 0 Å². The molecule has 0 aromatic carbocycles. The molecule has 2 heterocycles. The summed E-state index contributed by atoms with van der Waals surface area (Å²) < 4.78 is 12.6. The van der Waals surface area contributed by atoms with Crippen LogP contribution in [0.4, 0.5) is 0 Å². The lowest BCUT2D eigenvalue weighted by molar-refractivity contribution is 0.308. The highest BCUT2D eigenvalue weighted by Gasteiger charge is 2.15. The molecule has 0 aliphatic carbocycles. The zero-order chi connectivity index (χ0) is 11.5. The van der Waals surface area contributed by atoms with Crippen LogP contribution in [0.1, 0.15) is 13.8 Å². The van der Waals surface area contributed by atoms with Crippen molar-refractivity contribution in [1.29, 1.82) is 0 Å². The molecular weight excluding hydrogens is 208 g/mol. The van der Waals surface area contributed by atoms with E-state index >= 15 is 0 Å². The van der Waals surface area contributed by atoms with Crippen LogP contribution in [0.2, 0.25) is 0 Å². The van der Waals surface area contributed by atoms with Crippen LogP contribution in [0.25, 0.3) is 11.0 Å². The summed E-state index contributed by atoms with van der Waals surface area (Å²) >= 11 is 0. The Morgan fingerprint density at radius 3 is 2.44 bits per heavy atom. The number of hydrogen-bond donors (Lipinski definition) is 0. The third-order valence-electron chi connectivity index (χ3n) is 2.14. The second-order valence-corrected chi connectivity index (χ2v) is 3.23. The first-order chi connectivity index (χ1) is 7.77. The molecule has 2 aromatic heterocycles. The van der Waals surface area contributed by atoms with E-state index in [1.54, 1.807) is 6.33 Å². The number of ether oxygens (including phenoxy) is 2. The maximum Gasteiger partial charge on any atom is 0.262 e. The molecule has 0 aliphatic heterocycles. The van der Waals surface area contributed by atoms with Crippen LogP contribution in [-0.4, -0.2) is 33.0 Å². The first kappa shape index (κ1) is 10.7. The summed E-state index contributed by atoms with van der Waals surface area (Å²) in [6, 6.07) is 0. The van der Waals surface area contributed by atoms with Crippen molar-refractivity contribution in [1.82, 2.24) is 19.7 Å². The van der Waals surface area contributed by atoms with Crippen LogP contribution in [0, 0.1) is 0 Å². The lowest BCUT2D eigenvalue weighted by atomic mass is 10.4. The minimum absolute atomic E-state index is 0.446. The molecule has 0 atom stereocenters. The van der Waals surface area contributed by atoms with Gasteiger partial charge in [-0.2, -0.15) is 0 Å². The standard InChI is InChI=1S/C10H14N4O2/c1-4-15-9-7-8(14(3)6-11-7)10(13-12-9)16-5-2/h6H,4-5H2,1-3H3. The number of rotatable bonds is 4. The number of hydrogen-bond acceptors (Lipinski definition) is 5. The first-order valence-corrected chi connectivity index (χ1v) is 5.21. The summed E-state index contributed by atoms with van der Waals surface area (Å²) in [5.74, 6) is 0.933. The predicted molar refractivity (Wildman–Crippen MR) is 58.6 cm³/mol. The Morgan fingerprint density at radius 2 is 1.75 bits per heavy atom. The molecule has 0 spiro atoms. The molecular formula is C10H14N4O2. The summed E-state index contributed by atoms with van der Waals surface area (Å²) in [6.45, 7) is 4.88. The maximum absolute atomic E-state index is 5.40. The molecule has 0 saturated heterocycles. The molecule has 2 rings (SSSR count). The van der Waals surface area contributed by atoms with Gasteiger partial charge in [-0.1, -0.05) is 0 Å². The fourth-order valence-corrected chi connectivity index (χ4v) is 1.49. The van der Waals surface area contributed by atoms with Crippen molar-refractivity contribution in [3.05, 3.63) is 6.33 Å². The van der Waals surface area contributed by atoms with E-state index < -0.39 is 0 Å². The molecule has 2 aromatic rings. The van der Waals surface area contributed by atoms with Crippen molar-refractivity contribution < 1.29 is 9.47 Å². The number of fused-ring (bicyclic) bond motifs is 1. The Balaban J connectivity index is 2.59. The zero-order valence-corrected chi connectivity index (χ0v) is 9.60. The van der Waals surface area contributed by atoms with E-state index in [9.17, 15) is 0 Å². The summed E-state index contributed by atoms with van der Waals surface area (Å²) in [7, 11) is 1.88. The summed E-state index contributed by atoms with van der Waals surface area (Å²) in [5, 5.41) is 7.95. The molecule has 0 N–H and O–H groups in total. The quantitative estimate of drug-likeness (QED) is 0.776. The van der Waals surface area contributed by atoms with Gasteiger partial charge in [-0.15, -0.1) is 10.2 Å². The summed E-state index contributed by atoms with van der Waals surface area (Å²) in [6.07, 6.45) is 1.69. The van der Waals surface area contributed by atoms with Gasteiger partial charge in [0.1, 0.15) is 5.52 Å². The second kappa shape index (κ2) is 4.34. The Morgan fingerprint density at radius 1 is 1.12 bits per heavy atom. The van der Waals surface area contributed by atoms with Gasteiger partial charge < -0.3 is 14.0 Å². The average molecular weight is 222 g/mol. The largest absolute Gasteiger partial charge is 0.475 e. The van der Waals surface area contributed by atoms with Crippen molar-refractivity contribution in [3.63, 3.8) is 0 Å². The molecule has 0 radical (unpaired) electrons. The van der Waals surface area contributed by atoms with Crippen LogP contribution in [0.5, 0.6) is 11.8 Å². The van der Waals surface area contributed by atoms with E-state index in [-0.39, 0.29) is 0 Å². The highest BCUT2D eigenvalue weighted by molar-refractivity contribution is 5.84. The van der Waals surface area contributed by atoms with Gasteiger partial charge in [-0.3, -0.25) is 0 Å². The molecule has 6 nitrogen and oxygen atoms in total. The Bertz CT molecular complexity index is 495. The van der Waals surface area contributed by atoms with E-state index in [1.807, 2.05) is 25.5 Å². The van der Waals surface area contributed by atoms with Gasteiger partial charge >= 0.3 is 0 Å². The lowest BCUT2D eigenvalue weighted by Crippen LogP contribution is -2.02. The van der Waals surface area contributed by atoms with Crippen LogP contribution < -0.4 is 9.47 Å². The van der Waals surface area contributed by atoms with Crippen molar-refractivity contribution >= 4 is 11.0 Å². The fourth-order valence-electron chi connectivity index (χ4n) is 1.49. The number of nitrogens with zero attached hydrogens (tertiary/aromatic N) is 4. The molecule has 0 saturated carbocycles. The molecule has 0 amide bonds. The van der Waals surface area contributed by atoms with Gasteiger partial charge in [0.15, 0.2) is 5.52 Å². The van der Waals surface area contributed by atoms with Gasteiger partial charge in [-0.05, 0) is 13.8 Å². The third kappa shape index (κ3) is 1.66. The minimum Gasteiger partial charge on any atom is -0.475 e. The van der Waals surface area contributed by atoms with Crippen LogP contribution in [0.3, 0.4) is 0 Å². The monoisotopic (exact) mass is 222 g/mol. The van der Waals surface area contributed by atoms with Crippen molar-refractivity contribution in [2.45, 2.75) is 13.8 Å². The summed E-state index contributed by atoms with van der Waals surface area (Å²) in [5.41, 5.74) is 1.49. The molecule has 6 heteroatoms. The molecule has 0 fully saturated rings. The van der Waals surface area contributed by atoms with Gasteiger partial charge in [-0.25, -0.2) is 4.98 Å². The van der Waals surface area contributed by atoms with Crippen molar-refractivity contribution in [2.24, 2.45) is 7.05 Å². The highest BCUT2D eigenvalue weighted by Crippen LogP contribution is 2.27. The van der Waals surface area contributed by atoms with Crippen molar-refractivity contribution in [3.8, 4) is 11.8 Å². The molecule has 16 heavy (non-hydrogen) atoms. The third-order valence-corrected chi connectivity index (χ3v) is 2.14. The van der Waals surface area contributed by atoms with E-state index in [0.29, 0.717) is 30.5 Å². The molecule has 86 valence electrons. The molecule has 0 unspecified atom stereocenters. The zero-order valence-electron chi connectivity index (χ0n) is 9.60. The molecule has 0 aliphatic rings. The van der Waals surface area contributed by atoms with Gasteiger partial charge in [0.2, 0.25) is 0 Å². The molecule has 0 bridgehead atoms. The topological polar surface area (TPSA) is 62.1 Å². The normalized spacial score (nSPS) is 10.7. The smallest absolute Gasteiger partial charge is 0.262 e. The van der Waals surface area contributed by atoms with Gasteiger partial charge in [0.05, 0.1) is 19.5 Å². The van der Waals surface area contributed by atoms with Gasteiger partial charge in [0, 0.05) is 7.05 Å². The van der Waals surface area contributed by atoms with Crippen molar-refractivity contribution in [2.75, 3.05) is 13.2 Å². The van der Waals surface area contributed by atoms with E-state index in [4.69, 9.17) is 9.47 Å². The van der Waals surface area contributed by atoms with E-state index in [2.05, 4.69) is 15.2 Å². The van der Waals surface area contributed by atoms with Gasteiger partial charge in [0.25, 0.3) is 11.8 Å². The predicted octanol–water partition coefficient (Wildman–Crippen LogP) is 1.16. The van der Waals surface area contributed by atoms with Crippen LogP contribution in [-0.2, 0) is 7.05 Å². The minimum atomic E-state index is 0.446. The second-order valence-electron chi connectivity index (χ2n) is 3.23. The van der Waals surface area contributed by atoms with Crippen LogP contribution in [0.15, 0.2) is 6.33 Å². The number of aromatic nitrogens is 4. The fraction of sp³-hybridized carbons (Fsp3) is 0.500. The first-order valence-electron chi connectivity index (χ1n) is 5.21. The SMILES string of the molecule is CCOc1nnc(OCC)c2c1ncn2C. The number of imidazole rings is 1. The van der Waals surface area contributed by atoms with E-state index in [0.717, 1.165) is 5.52 Å². The highest BCUT2D eigenvalue weighted by atomic mass is 16.5. The lowest BCUT2D eigenvalue weighted by Gasteiger charge is -2.06.